The van der Waals surface area contributed by atoms with Crippen molar-refractivity contribution in [1.29, 1.82) is 0 Å². The van der Waals surface area contributed by atoms with E-state index in [9.17, 15) is 19.2 Å². The van der Waals surface area contributed by atoms with Crippen LogP contribution < -0.4 is 5.32 Å². The Bertz CT molecular complexity index is 1290. The van der Waals surface area contributed by atoms with E-state index in [1.165, 1.54) is 0 Å². The molecule has 1 N–H and O–H groups in total. The predicted molar refractivity (Wildman–Crippen MR) is 127 cm³/mol. The zero-order chi connectivity index (χ0) is 23.8. The Morgan fingerprint density at radius 2 is 1.65 bits per heavy atom. The minimum Gasteiger partial charge on any atom is -0.454 e. The maximum absolute atomic E-state index is 12.5. The van der Waals surface area contributed by atoms with Crippen molar-refractivity contribution < 1.29 is 23.9 Å². The third-order valence-electron chi connectivity index (χ3n) is 6.96. The maximum Gasteiger partial charge on any atom is 0.326 e. The van der Waals surface area contributed by atoms with Gasteiger partial charge in [0, 0.05) is 34.0 Å². The Morgan fingerprint density at radius 3 is 2.35 bits per heavy atom. The highest BCUT2D eigenvalue weighted by Crippen LogP contribution is 2.38. The quantitative estimate of drug-likeness (QED) is 0.448. The van der Waals surface area contributed by atoms with E-state index in [1.54, 1.807) is 0 Å². The van der Waals surface area contributed by atoms with Crippen molar-refractivity contribution in [3.63, 3.8) is 0 Å². The predicted octanol–water partition coefficient (Wildman–Crippen LogP) is 3.47. The molecule has 1 saturated carbocycles. The smallest absolute Gasteiger partial charge is 0.326 e. The van der Waals surface area contributed by atoms with E-state index in [0.29, 0.717) is 18.5 Å². The van der Waals surface area contributed by atoms with Gasteiger partial charge in [-0.25, -0.2) is 0 Å². The van der Waals surface area contributed by atoms with Gasteiger partial charge in [0.1, 0.15) is 6.54 Å². The van der Waals surface area contributed by atoms with Gasteiger partial charge < -0.3 is 14.6 Å². The van der Waals surface area contributed by atoms with E-state index in [0.717, 1.165) is 46.1 Å². The number of anilines is 1. The number of nitrogens with one attached hydrogen (secondary N) is 1. The lowest BCUT2D eigenvalue weighted by Crippen LogP contribution is -2.37. The first-order valence-corrected chi connectivity index (χ1v) is 11.8. The van der Waals surface area contributed by atoms with Gasteiger partial charge in [0.2, 0.25) is 11.8 Å². The lowest BCUT2D eigenvalue weighted by molar-refractivity contribution is -0.154. The van der Waals surface area contributed by atoms with Crippen LogP contribution >= 0.6 is 0 Å². The molecule has 8 heteroatoms. The number of ether oxygens (including phenoxy) is 1. The Kier molecular flexibility index (Phi) is 5.81. The first-order chi connectivity index (χ1) is 16.5. The fourth-order valence-corrected chi connectivity index (χ4v) is 5.38. The van der Waals surface area contributed by atoms with Crippen LogP contribution in [-0.2, 0) is 30.5 Å². The molecule has 2 fully saturated rings. The molecule has 2 heterocycles. The molecule has 0 unspecified atom stereocenters. The lowest BCUT2D eigenvalue weighted by Gasteiger charge is -2.19. The summed E-state index contributed by atoms with van der Waals surface area (Å²) in [6.07, 6.45) is 3.21. The SMILES string of the molecule is CCn1c2ccccc2c2cc(NC(=O)COC(=O)CN3C(=O)[C@H]4CCCC[C@H]4C3=O)ccc21. The van der Waals surface area contributed by atoms with Gasteiger partial charge in [0.25, 0.3) is 5.91 Å². The molecular formula is C26H27N3O5. The summed E-state index contributed by atoms with van der Waals surface area (Å²) >= 11 is 0. The first-order valence-electron chi connectivity index (χ1n) is 11.8. The Labute approximate surface area is 196 Å². The molecule has 8 nitrogen and oxygen atoms in total. The summed E-state index contributed by atoms with van der Waals surface area (Å²) in [5.41, 5.74) is 2.80. The van der Waals surface area contributed by atoms with E-state index in [-0.39, 0.29) is 23.7 Å². The van der Waals surface area contributed by atoms with E-state index in [2.05, 4.69) is 22.9 Å². The van der Waals surface area contributed by atoms with Crippen molar-refractivity contribution in [3.8, 4) is 0 Å². The number of fused-ring (bicyclic) bond motifs is 4. The Balaban J connectivity index is 1.21. The van der Waals surface area contributed by atoms with Crippen molar-refractivity contribution in [2.45, 2.75) is 39.2 Å². The third-order valence-corrected chi connectivity index (χ3v) is 6.96. The molecule has 0 bridgehead atoms. The van der Waals surface area contributed by atoms with Crippen molar-refractivity contribution in [3.05, 3.63) is 42.5 Å². The summed E-state index contributed by atoms with van der Waals surface area (Å²) in [7, 11) is 0. The molecule has 0 radical (unpaired) electrons. The summed E-state index contributed by atoms with van der Waals surface area (Å²) in [5, 5.41) is 4.89. The number of rotatable bonds is 6. The monoisotopic (exact) mass is 461 g/mol. The molecule has 1 aliphatic carbocycles. The molecule has 5 rings (SSSR count). The van der Waals surface area contributed by atoms with Crippen LogP contribution in [-0.4, -0.2) is 46.3 Å². The summed E-state index contributed by atoms with van der Waals surface area (Å²) in [6, 6.07) is 13.8. The van der Waals surface area contributed by atoms with Crippen LogP contribution in [0.2, 0.25) is 0 Å². The van der Waals surface area contributed by atoms with Gasteiger partial charge >= 0.3 is 5.97 Å². The molecular weight excluding hydrogens is 434 g/mol. The highest BCUT2D eigenvalue weighted by molar-refractivity contribution is 6.10. The largest absolute Gasteiger partial charge is 0.454 e. The van der Waals surface area contributed by atoms with Crippen molar-refractivity contribution in [2.24, 2.45) is 11.8 Å². The number of carbonyl (C=O) groups excluding carboxylic acids is 4. The van der Waals surface area contributed by atoms with Crippen molar-refractivity contribution >= 4 is 51.2 Å². The molecule has 1 aliphatic heterocycles. The number of nitrogens with zero attached hydrogens (tertiary/aromatic N) is 2. The lowest BCUT2D eigenvalue weighted by atomic mass is 9.81. The van der Waals surface area contributed by atoms with Crippen LogP contribution in [0, 0.1) is 11.8 Å². The van der Waals surface area contributed by atoms with Gasteiger partial charge in [-0.3, -0.25) is 24.1 Å². The van der Waals surface area contributed by atoms with Crippen LogP contribution in [0.5, 0.6) is 0 Å². The number of esters is 1. The van der Waals surface area contributed by atoms with E-state index >= 15 is 0 Å². The number of aromatic nitrogens is 1. The molecule has 176 valence electrons. The van der Waals surface area contributed by atoms with Crippen LogP contribution in [0.25, 0.3) is 21.8 Å². The number of para-hydroxylation sites is 1. The first kappa shape index (κ1) is 22.1. The minimum absolute atomic E-state index is 0.296. The van der Waals surface area contributed by atoms with E-state index in [1.807, 2.05) is 36.4 Å². The summed E-state index contributed by atoms with van der Waals surface area (Å²) in [4.78, 5) is 50.7. The summed E-state index contributed by atoms with van der Waals surface area (Å²) in [5.74, 6) is -2.47. The number of benzene rings is 2. The molecule has 34 heavy (non-hydrogen) atoms. The normalized spacial score (nSPS) is 20.1. The highest BCUT2D eigenvalue weighted by atomic mass is 16.5. The Morgan fingerprint density at radius 1 is 0.971 bits per heavy atom. The molecule has 2 aliphatic rings. The topological polar surface area (TPSA) is 97.7 Å². The molecule has 2 aromatic carbocycles. The second-order valence-electron chi connectivity index (χ2n) is 8.96. The van der Waals surface area contributed by atoms with Gasteiger partial charge in [-0.2, -0.15) is 0 Å². The van der Waals surface area contributed by atoms with E-state index < -0.39 is 25.0 Å². The van der Waals surface area contributed by atoms with E-state index in [4.69, 9.17) is 4.74 Å². The number of carbonyl (C=O) groups is 4. The number of hydrogen-bond acceptors (Lipinski definition) is 5. The highest BCUT2D eigenvalue weighted by Gasteiger charge is 2.48. The molecule has 2 atom stereocenters. The van der Waals surface area contributed by atoms with Gasteiger partial charge in [-0.1, -0.05) is 31.0 Å². The van der Waals surface area contributed by atoms with Crippen molar-refractivity contribution in [2.75, 3.05) is 18.5 Å². The fraction of sp³-hybridized carbons (Fsp3) is 0.385. The fourth-order valence-electron chi connectivity index (χ4n) is 5.38. The van der Waals surface area contributed by atoms with Gasteiger partial charge in [0.15, 0.2) is 6.61 Å². The standard InChI is InChI=1S/C26H27N3O5/c1-2-28-21-10-6-5-7-17(21)20-13-16(11-12-22(20)28)27-23(30)15-34-24(31)14-29-25(32)18-8-3-4-9-19(18)26(29)33/h5-7,10-13,18-19H,2-4,8-9,14-15H2,1H3,(H,27,30)/t18-,19+. The second-order valence-corrected chi connectivity index (χ2v) is 8.96. The number of hydrogen-bond donors (Lipinski definition) is 1. The number of imide groups is 1. The minimum atomic E-state index is -0.767. The zero-order valence-electron chi connectivity index (χ0n) is 19.1. The van der Waals surface area contributed by atoms with Gasteiger partial charge in [0.05, 0.1) is 11.8 Å². The average Bonchev–Trinajstić information content (AvgIpc) is 3.29. The van der Waals surface area contributed by atoms with Crippen LogP contribution in [0.4, 0.5) is 5.69 Å². The van der Waals surface area contributed by atoms with Crippen LogP contribution in [0.3, 0.4) is 0 Å². The molecule has 3 amide bonds. The maximum atomic E-state index is 12.5. The number of aryl methyl sites for hydroxylation is 1. The van der Waals surface area contributed by atoms with Gasteiger partial charge in [-0.05, 0) is 44.0 Å². The zero-order valence-corrected chi connectivity index (χ0v) is 19.1. The number of amides is 3. The van der Waals surface area contributed by atoms with Gasteiger partial charge in [-0.15, -0.1) is 0 Å². The third kappa shape index (κ3) is 3.83. The molecule has 1 aromatic heterocycles. The van der Waals surface area contributed by atoms with Crippen molar-refractivity contribution in [1.82, 2.24) is 9.47 Å². The average molecular weight is 462 g/mol. The molecule has 0 spiro atoms. The summed E-state index contributed by atoms with van der Waals surface area (Å²) in [6.45, 7) is 1.99. The van der Waals surface area contributed by atoms with Crippen LogP contribution in [0.15, 0.2) is 42.5 Å². The number of likely N-dealkylation sites (tertiary alicyclic amines) is 1. The Hall–Kier alpha value is -3.68. The second kappa shape index (κ2) is 8.93. The molecule has 1 saturated heterocycles. The molecule has 3 aromatic rings. The summed E-state index contributed by atoms with van der Waals surface area (Å²) < 4.78 is 7.28. The van der Waals surface area contributed by atoms with Crippen LogP contribution in [0.1, 0.15) is 32.6 Å².